The Bertz CT molecular complexity index is 1040. The van der Waals surface area contributed by atoms with Gasteiger partial charge in [0.2, 0.25) is 0 Å². The van der Waals surface area contributed by atoms with Crippen LogP contribution in [0.4, 0.5) is 0 Å². The Balaban J connectivity index is 2.10. The molecule has 1 heterocycles. The van der Waals surface area contributed by atoms with Crippen LogP contribution in [0, 0.1) is 11.3 Å². The Morgan fingerprint density at radius 1 is 1.15 bits per heavy atom. The fraction of sp³-hybridized carbons (Fsp3) is 0.211. The van der Waals surface area contributed by atoms with Crippen LogP contribution in [0.5, 0.6) is 11.5 Å². The van der Waals surface area contributed by atoms with Gasteiger partial charge in [-0.25, -0.2) is 4.98 Å². The summed E-state index contributed by atoms with van der Waals surface area (Å²) in [7, 11) is 3.14. The predicted octanol–water partition coefficient (Wildman–Crippen LogP) is 3.08. The zero-order valence-corrected chi connectivity index (χ0v) is 15.2. The Morgan fingerprint density at radius 3 is 2.65 bits per heavy atom. The highest BCUT2D eigenvalue weighted by atomic mass is 32.2. The molecule has 0 aliphatic rings. The molecule has 0 radical (unpaired) electrons. The molecule has 3 aromatic rings. The minimum Gasteiger partial charge on any atom is -0.493 e. The monoisotopic (exact) mass is 367 g/mol. The van der Waals surface area contributed by atoms with E-state index in [1.807, 2.05) is 24.3 Å². The molecule has 132 valence electrons. The summed E-state index contributed by atoms with van der Waals surface area (Å²) in [5.41, 5.74) is 1.37. The fourth-order valence-electron chi connectivity index (χ4n) is 2.66. The lowest BCUT2D eigenvalue weighted by molar-refractivity contribution is 0.354. The predicted molar refractivity (Wildman–Crippen MR) is 101 cm³/mol. The number of ether oxygens (including phenoxy) is 2. The first-order chi connectivity index (χ1) is 12.7. The first-order valence-corrected chi connectivity index (χ1v) is 8.86. The minimum atomic E-state index is -0.133. The molecule has 0 saturated carbocycles. The molecule has 0 fully saturated rings. The van der Waals surface area contributed by atoms with Crippen molar-refractivity contribution in [1.82, 2.24) is 9.55 Å². The molecule has 0 amide bonds. The third-order valence-corrected chi connectivity index (χ3v) is 4.72. The van der Waals surface area contributed by atoms with Crippen LogP contribution in [0.15, 0.2) is 52.4 Å². The summed E-state index contributed by atoms with van der Waals surface area (Å²) < 4.78 is 12.2. The van der Waals surface area contributed by atoms with E-state index in [1.165, 1.54) is 11.8 Å². The summed E-state index contributed by atoms with van der Waals surface area (Å²) in [5.74, 6) is 1.44. The lowest BCUT2D eigenvalue weighted by Gasteiger charge is -2.14. The molecule has 7 heteroatoms. The smallest absolute Gasteiger partial charge is 0.262 e. The second-order valence-electron chi connectivity index (χ2n) is 5.44. The maximum Gasteiger partial charge on any atom is 0.262 e. The van der Waals surface area contributed by atoms with Gasteiger partial charge in [0.15, 0.2) is 16.7 Å². The van der Waals surface area contributed by atoms with Crippen LogP contribution in [0.3, 0.4) is 0 Å². The number of benzene rings is 2. The van der Waals surface area contributed by atoms with Crippen LogP contribution in [0.1, 0.15) is 5.56 Å². The highest BCUT2D eigenvalue weighted by Crippen LogP contribution is 2.28. The zero-order chi connectivity index (χ0) is 18.5. The average Bonchev–Trinajstić information content (AvgIpc) is 2.68. The summed E-state index contributed by atoms with van der Waals surface area (Å²) in [6.07, 6.45) is 0. The normalized spacial score (nSPS) is 10.5. The maximum absolute atomic E-state index is 13.0. The van der Waals surface area contributed by atoms with Crippen molar-refractivity contribution in [3.8, 4) is 17.6 Å². The Kier molecular flexibility index (Phi) is 5.44. The van der Waals surface area contributed by atoms with E-state index in [2.05, 4.69) is 11.1 Å². The molecule has 0 aliphatic carbocycles. The number of methoxy groups -OCH3 is 2. The number of aromatic nitrogens is 2. The summed E-state index contributed by atoms with van der Waals surface area (Å²) in [4.78, 5) is 17.5. The highest BCUT2D eigenvalue weighted by Gasteiger charge is 2.13. The first kappa shape index (κ1) is 17.8. The van der Waals surface area contributed by atoms with Gasteiger partial charge in [0.25, 0.3) is 5.56 Å². The molecule has 0 N–H and O–H groups in total. The minimum absolute atomic E-state index is 0.133. The molecule has 0 atom stereocenters. The molecule has 3 rings (SSSR count). The van der Waals surface area contributed by atoms with E-state index >= 15 is 0 Å². The van der Waals surface area contributed by atoms with Crippen molar-refractivity contribution in [3.05, 3.63) is 58.4 Å². The number of para-hydroxylation sites is 1. The van der Waals surface area contributed by atoms with E-state index in [0.717, 1.165) is 5.56 Å². The third-order valence-electron chi connectivity index (χ3n) is 3.88. The first-order valence-electron chi connectivity index (χ1n) is 7.88. The standard InChI is InChI=1S/C19H17N3O3S/c1-24-16-8-7-13(11-17(16)25-2)12-22-18(23)14-5-3-4-6-15(14)21-19(22)26-10-9-20/h3-8,11H,10,12H2,1-2H3. The van der Waals surface area contributed by atoms with Gasteiger partial charge >= 0.3 is 0 Å². The molecule has 0 bridgehead atoms. The van der Waals surface area contributed by atoms with Gasteiger partial charge in [0.05, 0.1) is 43.5 Å². The lowest BCUT2D eigenvalue weighted by atomic mass is 10.2. The van der Waals surface area contributed by atoms with Gasteiger partial charge in [0, 0.05) is 0 Å². The average molecular weight is 367 g/mol. The Morgan fingerprint density at radius 2 is 1.92 bits per heavy atom. The number of hydrogen-bond donors (Lipinski definition) is 0. The summed E-state index contributed by atoms with van der Waals surface area (Å²) >= 11 is 1.25. The summed E-state index contributed by atoms with van der Waals surface area (Å²) in [6, 6.07) is 14.8. The molecule has 0 spiro atoms. The number of rotatable bonds is 6. The Hall–Kier alpha value is -2.98. The molecule has 26 heavy (non-hydrogen) atoms. The molecule has 2 aromatic carbocycles. The van der Waals surface area contributed by atoms with Crippen molar-refractivity contribution in [2.24, 2.45) is 0 Å². The van der Waals surface area contributed by atoms with E-state index in [4.69, 9.17) is 14.7 Å². The quantitative estimate of drug-likeness (QED) is 0.492. The van der Waals surface area contributed by atoms with E-state index in [-0.39, 0.29) is 11.3 Å². The molecular formula is C19H17N3O3S. The molecule has 0 saturated heterocycles. The molecule has 0 unspecified atom stereocenters. The summed E-state index contributed by atoms with van der Waals surface area (Å²) in [5, 5.41) is 9.97. The van der Waals surface area contributed by atoms with Gasteiger partial charge in [-0.2, -0.15) is 5.26 Å². The van der Waals surface area contributed by atoms with Gasteiger partial charge in [-0.3, -0.25) is 9.36 Å². The van der Waals surface area contributed by atoms with Crippen molar-refractivity contribution in [3.63, 3.8) is 0 Å². The SMILES string of the molecule is COc1ccc(Cn2c(SCC#N)nc3ccccc3c2=O)cc1OC. The zero-order valence-electron chi connectivity index (χ0n) is 14.4. The Labute approximate surface area is 155 Å². The number of fused-ring (bicyclic) bond motifs is 1. The number of hydrogen-bond acceptors (Lipinski definition) is 6. The lowest BCUT2D eigenvalue weighted by Crippen LogP contribution is -2.24. The molecule has 0 aliphatic heterocycles. The summed E-state index contributed by atoms with van der Waals surface area (Å²) in [6.45, 7) is 0.324. The van der Waals surface area contributed by atoms with Crippen molar-refractivity contribution in [1.29, 1.82) is 5.26 Å². The van der Waals surface area contributed by atoms with Crippen molar-refractivity contribution >= 4 is 22.7 Å². The second kappa shape index (κ2) is 7.93. The molecule has 6 nitrogen and oxygen atoms in total. The van der Waals surface area contributed by atoms with Crippen molar-refractivity contribution in [2.75, 3.05) is 20.0 Å². The van der Waals surface area contributed by atoms with Gasteiger partial charge in [-0.1, -0.05) is 30.0 Å². The highest BCUT2D eigenvalue weighted by molar-refractivity contribution is 7.99. The van der Waals surface area contributed by atoms with Gasteiger partial charge < -0.3 is 9.47 Å². The maximum atomic E-state index is 13.0. The van der Waals surface area contributed by atoms with Crippen molar-refractivity contribution < 1.29 is 9.47 Å². The largest absolute Gasteiger partial charge is 0.493 e. The number of nitrogens with zero attached hydrogens (tertiary/aromatic N) is 3. The van der Waals surface area contributed by atoms with E-state index in [0.29, 0.717) is 34.1 Å². The van der Waals surface area contributed by atoms with E-state index < -0.39 is 0 Å². The topological polar surface area (TPSA) is 77.1 Å². The van der Waals surface area contributed by atoms with Crippen LogP contribution in [0.25, 0.3) is 10.9 Å². The van der Waals surface area contributed by atoms with Gasteiger partial charge in [-0.15, -0.1) is 0 Å². The third kappa shape index (κ3) is 3.51. The molecular weight excluding hydrogens is 350 g/mol. The van der Waals surface area contributed by atoms with Crippen LogP contribution in [-0.4, -0.2) is 29.5 Å². The van der Waals surface area contributed by atoms with Gasteiger partial charge in [-0.05, 0) is 29.8 Å². The fourth-order valence-corrected chi connectivity index (χ4v) is 3.32. The number of nitriles is 1. The van der Waals surface area contributed by atoms with Crippen LogP contribution in [-0.2, 0) is 6.54 Å². The van der Waals surface area contributed by atoms with Crippen LogP contribution >= 0.6 is 11.8 Å². The van der Waals surface area contributed by atoms with Gasteiger partial charge in [0.1, 0.15) is 0 Å². The van der Waals surface area contributed by atoms with Crippen LogP contribution < -0.4 is 15.0 Å². The number of thioether (sulfide) groups is 1. The van der Waals surface area contributed by atoms with Crippen molar-refractivity contribution in [2.45, 2.75) is 11.7 Å². The van der Waals surface area contributed by atoms with E-state index in [9.17, 15) is 4.79 Å². The van der Waals surface area contributed by atoms with Crippen LogP contribution in [0.2, 0.25) is 0 Å². The molecule has 1 aromatic heterocycles. The van der Waals surface area contributed by atoms with E-state index in [1.54, 1.807) is 37.0 Å². The second-order valence-corrected chi connectivity index (χ2v) is 6.38.